The summed E-state index contributed by atoms with van der Waals surface area (Å²) in [5, 5.41) is 2.82. The topological polar surface area (TPSA) is 58.4 Å². The van der Waals surface area contributed by atoms with Gasteiger partial charge in [-0.15, -0.1) is 0 Å². The number of rotatable bonds is 3. The van der Waals surface area contributed by atoms with E-state index in [-0.39, 0.29) is 6.03 Å². The third kappa shape index (κ3) is 3.99. The van der Waals surface area contributed by atoms with Crippen LogP contribution in [0.3, 0.4) is 0 Å². The molecule has 0 aliphatic carbocycles. The molecule has 0 fully saturated rings. The minimum Gasteiger partial charge on any atom is -0.399 e. The summed E-state index contributed by atoms with van der Waals surface area (Å²) in [6.07, 6.45) is 0. The fourth-order valence-electron chi connectivity index (χ4n) is 1.77. The van der Waals surface area contributed by atoms with E-state index in [1.54, 1.807) is 36.2 Å². The lowest BCUT2D eigenvalue weighted by Gasteiger charge is -2.18. The molecule has 0 bridgehead atoms. The van der Waals surface area contributed by atoms with Gasteiger partial charge in [-0.3, -0.25) is 0 Å². The number of nitrogens with one attached hydrogen (secondary N) is 1. The van der Waals surface area contributed by atoms with Gasteiger partial charge in [-0.05, 0) is 42.0 Å². The van der Waals surface area contributed by atoms with Crippen LogP contribution in [0.25, 0.3) is 0 Å². The minimum absolute atomic E-state index is 0.158. The van der Waals surface area contributed by atoms with Crippen LogP contribution in [-0.2, 0) is 6.54 Å². The van der Waals surface area contributed by atoms with Crippen LogP contribution < -0.4 is 11.1 Å². The highest BCUT2D eigenvalue weighted by atomic mass is 79.9. The Labute approximate surface area is 126 Å². The van der Waals surface area contributed by atoms with Gasteiger partial charge >= 0.3 is 6.03 Å². The van der Waals surface area contributed by atoms with Gasteiger partial charge in [-0.1, -0.05) is 28.1 Å². The molecule has 2 amide bonds. The maximum absolute atomic E-state index is 12.1. The Morgan fingerprint density at radius 3 is 2.60 bits per heavy atom. The van der Waals surface area contributed by atoms with Gasteiger partial charge in [0.25, 0.3) is 0 Å². The number of hydrogen-bond donors (Lipinski definition) is 2. The Morgan fingerprint density at radius 2 is 1.95 bits per heavy atom. The average molecular weight is 334 g/mol. The van der Waals surface area contributed by atoms with Gasteiger partial charge in [-0.2, -0.15) is 0 Å². The summed E-state index contributed by atoms with van der Waals surface area (Å²) in [6, 6.07) is 14.8. The van der Waals surface area contributed by atoms with Crippen molar-refractivity contribution < 1.29 is 4.79 Å². The smallest absolute Gasteiger partial charge is 0.321 e. The Balaban J connectivity index is 1.96. The molecule has 0 unspecified atom stereocenters. The van der Waals surface area contributed by atoms with Crippen molar-refractivity contribution in [1.82, 2.24) is 4.90 Å². The van der Waals surface area contributed by atoms with Crippen molar-refractivity contribution in [1.29, 1.82) is 0 Å². The van der Waals surface area contributed by atoms with Gasteiger partial charge < -0.3 is 16.0 Å². The zero-order chi connectivity index (χ0) is 14.5. The first-order valence-electron chi connectivity index (χ1n) is 6.17. The fourth-order valence-corrected chi connectivity index (χ4v) is 2.21. The predicted molar refractivity (Wildman–Crippen MR) is 85.5 cm³/mol. The molecule has 2 aromatic carbocycles. The molecule has 0 saturated heterocycles. The number of carbonyl (C=O) groups is 1. The van der Waals surface area contributed by atoms with Crippen molar-refractivity contribution in [3.63, 3.8) is 0 Å². The number of benzene rings is 2. The van der Waals surface area contributed by atoms with Crippen LogP contribution in [0.15, 0.2) is 53.0 Å². The zero-order valence-electron chi connectivity index (χ0n) is 11.1. The molecule has 3 N–H and O–H groups in total. The first-order chi connectivity index (χ1) is 9.54. The van der Waals surface area contributed by atoms with Gasteiger partial charge in [0, 0.05) is 29.4 Å². The van der Waals surface area contributed by atoms with E-state index in [9.17, 15) is 4.79 Å². The van der Waals surface area contributed by atoms with E-state index in [2.05, 4.69) is 21.2 Å². The molecule has 0 spiro atoms. The standard InChI is InChI=1S/C15H16BrN3O/c1-19(10-11-3-2-4-12(16)9-11)15(20)18-14-7-5-13(17)6-8-14/h2-9H,10,17H2,1H3,(H,18,20). The average Bonchev–Trinajstić information content (AvgIpc) is 2.41. The SMILES string of the molecule is CN(Cc1cccc(Br)c1)C(=O)Nc1ccc(N)cc1. The second-order valence-corrected chi connectivity index (χ2v) is 5.45. The Morgan fingerprint density at radius 1 is 1.25 bits per heavy atom. The highest BCUT2D eigenvalue weighted by molar-refractivity contribution is 9.10. The number of nitrogen functional groups attached to an aromatic ring is 1. The summed E-state index contributed by atoms with van der Waals surface area (Å²) >= 11 is 3.42. The van der Waals surface area contributed by atoms with Crippen LogP contribution in [-0.4, -0.2) is 18.0 Å². The number of nitrogens with zero attached hydrogens (tertiary/aromatic N) is 1. The molecule has 0 aromatic heterocycles. The third-order valence-corrected chi connectivity index (χ3v) is 3.31. The van der Waals surface area contributed by atoms with E-state index >= 15 is 0 Å². The third-order valence-electron chi connectivity index (χ3n) is 2.82. The van der Waals surface area contributed by atoms with E-state index < -0.39 is 0 Å². The second-order valence-electron chi connectivity index (χ2n) is 4.54. The van der Waals surface area contributed by atoms with E-state index in [0.29, 0.717) is 12.2 Å². The highest BCUT2D eigenvalue weighted by Crippen LogP contribution is 2.14. The molecule has 0 aliphatic heterocycles. The summed E-state index contributed by atoms with van der Waals surface area (Å²) in [7, 11) is 1.76. The zero-order valence-corrected chi connectivity index (χ0v) is 12.7. The molecule has 0 atom stereocenters. The normalized spacial score (nSPS) is 10.1. The van der Waals surface area contributed by atoms with Crippen molar-refractivity contribution in [2.45, 2.75) is 6.54 Å². The van der Waals surface area contributed by atoms with Gasteiger partial charge in [0.2, 0.25) is 0 Å². The first kappa shape index (κ1) is 14.4. The minimum atomic E-state index is -0.158. The van der Waals surface area contributed by atoms with E-state index in [1.165, 1.54) is 0 Å². The van der Waals surface area contributed by atoms with Crippen LogP contribution in [0.4, 0.5) is 16.2 Å². The lowest BCUT2D eigenvalue weighted by Crippen LogP contribution is -2.30. The van der Waals surface area contributed by atoms with Crippen LogP contribution in [0.1, 0.15) is 5.56 Å². The number of hydrogen-bond acceptors (Lipinski definition) is 2. The van der Waals surface area contributed by atoms with Crippen molar-refractivity contribution in [2.75, 3.05) is 18.1 Å². The number of anilines is 2. The molecule has 0 aliphatic rings. The first-order valence-corrected chi connectivity index (χ1v) is 6.96. The lowest BCUT2D eigenvalue weighted by molar-refractivity contribution is 0.220. The number of amides is 2. The predicted octanol–water partition coefficient (Wildman–Crippen LogP) is 3.70. The quantitative estimate of drug-likeness (QED) is 0.841. The molecule has 0 heterocycles. The van der Waals surface area contributed by atoms with Crippen molar-refractivity contribution in [2.24, 2.45) is 0 Å². The molecular weight excluding hydrogens is 318 g/mol. The Kier molecular flexibility index (Phi) is 4.63. The molecule has 0 radical (unpaired) electrons. The monoisotopic (exact) mass is 333 g/mol. The van der Waals surface area contributed by atoms with Crippen molar-refractivity contribution >= 4 is 33.3 Å². The molecule has 2 rings (SSSR count). The molecular formula is C15H16BrN3O. The molecule has 104 valence electrons. The number of urea groups is 1. The van der Waals surface area contributed by atoms with Crippen LogP contribution in [0, 0.1) is 0 Å². The van der Waals surface area contributed by atoms with E-state index in [1.807, 2.05) is 24.3 Å². The van der Waals surface area contributed by atoms with Crippen molar-refractivity contribution in [3.8, 4) is 0 Å². The van der Waals surface area contributed by atoms with Crippen LogP contribution >= 0.6 is 15.9 Å². The number of halogens is 1. The molecule has 5 heteroatoms. The van der Waals surface area contributed by atoms with Crippen molar-refractivity contribution in [3.05, 3.63) is 58.6 Å². The summed E-state index contributed by atoms with van der Waals surface area (Å²) in [5.41, 5.74) is 8.07. The van der Waals surface area contributed by atoms with Crippen LogP contribution in [0.2, 0.25) is 0 Å². The van der Waals surface area contributed by atoms with Gasteiger partial charge in [-0.25, -0.2) is 4.79 Å². The Bertz CT molecular complexity index is 598. The summed E-state index contributed by atoms with van der Waals surface area (Å²) in [6.45, 7) is 0.542. The van der Waals surface area contributed by atoms with Gasteiger partial charge in [0.1, 0.15) is 0 Å². The summed E-state index contributed by atoms with van der Waals surface area (Å²) in [5.74, 6) is 0. The number of carbonyl (C=O) groups excluding carboxylic acids is 1. The fraction of sp³-hybridized carbons (Fsp3) is 0.133. The summed E-state index contributed by atoms with van der Waals surface area (Å²) < 4.78 is 1.00. The molecule has 2 aromatic rings. The van der Waals surface area contributed by atoms with Gasteiger partial charge in [0.15, 0.2) is 0 Å². The van der Waals surface area contributed by atoms with Gasteiger partial charge in [0.05, 0.1) is 0 Å². The molecule has 0 saturated carbocycles. The summed E-state index contributed by atoms with van der Waals surface area (Å²) in [4.78, 5) is 13.7. The highest BCUT2D eigenvalue weighted by Gasteiger charge is 2.09. The van der Waals surface area contributed by atoms with E-state index in [0.717, 1.165) is 15.7 Å². The maximum atomic E-state index is 12.1. The maximum Gasteiger partial charge on any atom is 0.321 e. The Hall–Kier alpha value is -2.01. The number of nitrogens with two attached hydrogens (primary N) is 1. The largest absolute Gasteiger partial charge is 0.399 e. The molecule has 20 heavy (non-hydrogen) atoms. The van der Waals surface area contributed by atoms with E-state index in [4.69, 9.17) is 5.73 Å². The molecule has 4 nitrogen and oxygen atoms in total. The second kappa shape index (κ2) is 6.43. The lowest BCUT2D eigenvalue weighted by atomic mass is 10.2. The van der Waals surface area contributed by atoms with Crippen LogP contribution in [0.5, 0.6) is 0 Å².